The number of carbonyl (C=O) groups is 2. The molecule has 148 valence electrons. The zero-order valence-electron chi connectivity index (χ0n) is 15.9. The number of likely N-dealkylation sites (tertiary alicyclic amines) is 1. The number of ether oxygens (including phenoxy) is 1. The molecule has 0 saturated carbocycles. The van der Waals surface area contributed by atoms with Crippen molar-refractivity contribution in [3.63, 3.8) is 0 Å². The summed E-state index contributed by atoms with van der Waals surface area (Å²) < 4.78 is 5.56. The van der Waals surface area contributed by atoms with Crippen LogP contribution in [0, 0.1) is 12.8 Å². The molecule has 0 bridgehead atoms. The van der Waals surface area contributed by atoms with Gasteiger partial charge in [0, 0.05) is 25.7 Å². The zero-order chi connectivity index (χ0) is 19.9. The highest BCUT2D eigenvalue weighted by molar-refractivity contribution is 5.92. The van der Waals surface area contributed by atoms with Gasteiger partial charge >= 0.3 is 0 Å². The van der Waals surface area contributed by atoms with E-state index < -0.39 is 0 Å². The maximum Gasteiger partial charge on any atom is 0.270 e. The van der Waals surface area contributed by atoms with Gasteiger partial charge in [0.05, 0.1) is 0 Å². The highest BCUT2D eigenvalue weighted by Gasteiger charge is 2.25. The average molecular weight is 383 g/mol. The number of benzene rings is 1. The number of nitrogens with one attached hydrogen (secondary N) is 2. The van der Waals surface area contributed by atoms with Crippen LogP contribution < -0.4 is 15.6 Å². The van der Waals surface area contributed by atoms with E-state index in [2.05, 4.69) is 10.3 Å². The molecule has 0 spiro atoms. The van der Waals surface area contributed by atoms with Gasteiger partial charge in [-0.05, 0) is 43.4 Å². The summed E-state index contributed by atoms with van der Waals surface area (Å²) in [5.41, 5.74) is 0.986. The van der Waals surface area contributed by atoms with Gasteiger partial charge in [-0.25, -0.2) is 0 Å². The molecule has 2 aromatic rings. The van der Waals surface area contributed by atoms with E-state index in [1.165, 1.54) is 6.07 Å². The van der Waals surface area contributed by atoms with Crippen LogP contribution in [0.2, 0.25) is 0 Å². The van der Waals surface area contributed by atoms with Crippen molar-refractivity contribution in [3.05, 3.63) is 64.1 Å². The summed E-state index contributed by atoms with van der Waals surface area (Å²) >= 11 is 0. The first kappa shape index (κ1) is 19.7. The summed E-state index contributed by atoms with van der Waals surface area (Å²) in [6.45, 7) is 3.59. The van der Waals surface area contributed by atoms with Crippen molar-refractivity contribution in [2.75, 3.05) is 26.2 Å². The third-order valence-electron chi connectivity index (χ3n) is 4.85. The van der Waals surface area contributed by atoms with Gasteiger partial charge in [0.1, 0.15) is 11.4 Å². The molecular weight excluding hydrogens is 358 g/mol. The fourth-order valence-electron chi connectivity index (χ4n) is 3.33. The summed E-state index contributed by atoms with van der Waals surface area (Å²) in [6, 6.07) is 12.1. The Bertz CT molecular complexity index is 893. The Kier molecular flexibility index (Phi) is 6.47. The zero-order valence-corrected chi connectivity index (χ0v) is 15.9. The number of aromatic nitrogens is 1. The summed E-state index contributed by atoms with van der Waals surface area (Å²) in [6.07, 6.45) is 1.80. The second-order valence-corrected chi connectivity index (χ2v) is 7.05. The van der Waals surface area contributed by atoms with E-state index in [9.17, 15) is 14.4 Å². The van der Waals surface area contributed by atoms with Crippen molar-refractivity contribution in [1.29, 1.82) is 0 Å². The van der Waals surface area contributed by atoms with Gasteiger partial charge in [-0.3, -0.25) is 14.4 Å². The molecule has 1 aliphatic rings. The first-order valence-electron chi connectivity index (χ1n) is 9.46. The quantitative estimate of drug-likeness (QED) is 0.795. The standard InChI is InChI=1S/C21H25N3O4/c1-15-6-2-3-9-18(15)28-14-20(26)22-12-16-7-5-11-24(13-16)21(27)17-8-4-10-19(25)23-17/h2-4,6,8-10,16H,5,7,11-14H2,1H3,(H,22,26)(H,23,25)/t16-/m1/s1. The predicted octanol–water partition coefficient (Wildman–Crippen LogP) is 1.73. The van der Waals surface area contributed by atoms with E-state index >= 15 is 0 Å². The molecule has 2 amide bonds. The second kappa shape index (κ2) is 9.21. The van der Waals surface area contributed by atoms with Gasteiger partial charge < -0.3 is 19.9 Å². The molecule has 1 aliphatic heterocycles. The van der Waals surface area contributed by atoms with E-state index in [0.29, 0.717) is 31.1 Å². The number of para-hydroxylation sites is 1. The minimum absolute atomic E-state index is 0.0362. The van der Waals surface area contributed by atoms with Crippen LogP contribution in [-0.2, 0) is 4.79 Å². The summed E-state index contributed by atoms with van der Waals surface area (Å²) in [5, 5.41) is 2.89. The van der Waals surface area contributed by atoms with Crippen LogP contribution in [0.1, 0.15) is 28.9 Å². The van der Waals surface area contributed by atoms with Crippen molar-refractivity contribution in [2.24, 2.45) is 5.92 Å². The molecule has 7 heteroatoms. The Labute approximate surface area is 163 Å². The molecule has 1 fully saturated rings. The first-order valence-corrected chi connectivity index (χ1v) is 9.46. The number of pyridine rings is 1. The molecule has 1 aromatic carbocycles. The SMILES string of the molecule is Cc1ccccc1OCC(=O)NC[C@H]1CCCN(C(=O)c2cccc(=O)[nH]2)C1. The number of hydrogen-bond donors (Lipinski definition) is 2. The lowest BCUT2D eigenvalue weighted by Crippen LogP contribution is -2.44. The summed E-state index contributed by atoms with van der Waals surface area (Å²) in [5.74, 6) is 0.509. The van der Waals surface area contributed by atoms with Crippen LogP contribution in [0.5, 0.6) is 5.75 Å². The number of amides is 2. The van der Waals surface area contributed by atoms with Crippen LogP contribution in [0.25, 0.3) is 0 Å². The highest BCUT2D eigenvalue weighted by Crippen LogP contribution is 2.18. The third kappa shape index (κ3) is 5.22. The van der Waals surface area contributed by atoms with E-state index in [0.717, 1.165) is 18.4 Å². The summed E-state index contributed by atoms with van der Waals surface area (Å²) in [7, 11) is 0. The maximum atomic E-state index is 12.6. The first-order chi connectivity index (χ1) is 13.5. The number of hydrogen-bond acceptors (Lipinski definition) is 4. The van der Waals surface area contributed by atoms with Crippen LogP contribution in [0.4, 0.5) is 0 Å². The number of aryl methyl sites for hydroxylation is 1. The van der Waals surface area contributed by atoms with E-state index in [1.54, 1.807) is 17.0 Å². The number of carbonyl (C=O) groups excluding carboxylic acids is 2. The second-order valence-electron chi connectivity index (χ2n) is 7.05. The lowest BCUT2D eigenvalue weighted by Gasteiger charge is -2.32. The van der Waals surface area contributed by atoms with Gasteiger partial charge in [0.25, 0.3) is 11.8 Å². The normalized spacial score (nSPS) is 16.5. The monoisotopic (exact) mass is 383 g/mol. The molecule has 2 heterocycles. The lowest BCUT2D eigenvalue weighted by atomic mass is 9.97. The van der Waals surface area contributed by atoms with Gasteiger partial charge in [-0.1, -0.05) is 24.3 Å². The van der Waals surface area contributed by atoms with E-state index in [-0.39, 0.29) is 29.9 Å². The van der Waals surface area contributed by atoms with Gasteiger partial charge in [-0.2, -0.15) is 0 Å². The van der Waals surface area contributed by atoms with Crippen LogP contribution in [-0.4, -0.2) is 47.9 Å². The third-order valence-corrected chi connectivity index (χ3v) is 4.85. The molecule has 3 rings (SSSR count). The fourth-order valence-corrected chi connectivity index (χ4v) is 3.33. The largest absolute Gasteiger partial charge is 0.484 e. The topological polar surface area (TPSA) is 91.5 Å². The Morgan fingerprint density at radius 1 is 1.21 bits per heavy atom. The molecule has 1 atom stereocenters. The summed E-state index contributed by atoms with van der Waals surface area (Å²) in [4.78, 5) is 40.4. The van der Waals surface area contributed by atoms with E-state index in [1.807, 2.05) is 31.2 Å². The van der Waals surface area contributed by atoms with Crippen LogP contribution in [0.3, 0.4) is 0 Å². The smallest absolute Gasteiger partial charge is 0.270 e. The minimum Gasteiger partial charge on any atom is -0.484 e. The highest BCUT2D eigenvalue weighted by atomic mass is 16.5. The number of H-pyrrole nitrogens is 1. The Morgan fingerprint density at radius 3 is 2.82 bits per heavy atom. The van der Waals surface area contributed by atoms with Crippen LogP contribution >= 0.6 is 0 Å². The molecule has 28 heavy (non-hydrogen) atoms. The molecule has 7 nitrogen and oxygen atoms in total. The molecule has 0 radical (unpaired) electrons. The fraction of sp³-hybridized carbons (Fsp3) is 0.381. The number of nitrogens with zero attached hydrogens (tertiary/aromatic N) is 1. The van der Waals surface area contributed by atoms with Gasteiger partial charge in [0.15, 0.2) is 6.61 Å². The average Bonchev–Trinajstić information content (AvgIpc) is 2.71. The van der Waals surface area contributed by atoms with Crippen LogP contribution in [0.15, 0.2) is 47.3 Å². The number of piperidine rings is 1. The lowest BCUT2D eigenvalue weighted by molar-refractivity contribution is -0.123. The molecule has 1 saturated heterocycles. The molecule has 2 N–H and O–H groups in total. The molecule has 0 aliphatic carbocycles. The predicted molar refractivity (Wildman–Crippen MR) is 105 cm³/mol. The Balaban J connectivity index is 1.47. The van der Waals surface area contributed by atoms with Crippen molar-refractivity contribution >= 4 is 11.8 Å². The molecular formula is C21H25N3O4. The van der Waals surface area contributed by atoms with Crippen molar-refractivity contribution in [3.8, 4) is 5.75 Å². The van der Waals surface area contributed by atoms with Crippen molar-refractivity contribution < 1.29 is 14.3 Å². The maximum absolute atomic E-state index is 12.6. The Hall–Kier alpha value is -3.09. The number of aromatic amines is 1. The van der Waals surface area contributed by atoms with Gasteiger partial charge in [-0.15, -0.1) is 0 Å². The van der Waals surface area contributed by atoms with Gasteiger partial charge in [0.2, 0.25) is 5.56 Å². The molecule has 1 aromatic heterocycles. The minimum atomic E-state index is -0.291. The molecule has 0 unspecified atom stereocenters. The number of rotatable bonds is 6. The Morgan fingerprint density at radius 2 is 2.04 bits per heavy atom. The van der Waals surface area contributed by atoms with Crippen molar-refractivity contribution in [2.45, 2.75) is 19.8 Å². The van der Waals surface area contributed by atoms with E-state index in [4.69, 9.17) is 4.74 Å². The van der Waals surface area contributed by atoms with Crippen molar-refractivity contribution in [1.82, 2.24) is 15.2 Å².